The maximum Gasteiger partial charge on any atom is 0.274 e. The molecule has 33 heavy (non-hydrogen) atoms. The fraction of sp³-hybridized carbons (Fsp3) is 0.440. The molecule has 1 aromatic carbocycles. The SMILES string of the molecule is COc1ccc(CN(C)C2CCc3c(c(C(=O)N(C)Cc4ccco4)nn3C)C2)cc1OC. The highest BCUT2D eigenvalue weighted by Gasteiger charge is 2.31. The van der Waals surface area contributed by atoms with E-state index in [1.807, 2.05) is 36.0 Å². The molecule has 1 unspecified atom stereocenters. The Hall–Kier alpha value is -3.26. The second-order valence-electron chi connectivity index (χ2n) is 8.64. The Balaban J connectivity index is 1.49. The molecule has 176 valence electrons. The van der Waals surface area contributed by atoms with Gasteiger partial charge in [-0.2, -0.15) is 5.10 Å². The van der Waals surface area contributed by atoms with Gasteiger partial charge in [-0.15, -0.1) is 0 Å². The maximum atomic E-state index is 13.2. The first-order valence-corrected chi connectivity index (χ1v) is 11.1. The van der Waals surface area contributed by atoms with Gasteiger partial charge in [0.2, 0.25) is 0 Å². The molecule has 1 aliphatic rings. The molecule has 3 aromatic rings. The predicted molar refractivity (Wildman–Crippen MR) is 125 cm³/mol. The molecule has 0 N–H and O–H groups in total. The van der Waals surface area contributed by atoms with Gasteiger partial charge in [0, 0.05) is 37.9 Å². The normalized spacial score (nSPS) is 15.4. The molecule has 1 aliphatic carbocycles. The van der Waals surface area contributed by atoms with Crippen LogP contribution in [0.3, 0.4) is 0 Å². The summed E-state index contributed by atoms with van der Waals surface area (Å²) in [6.07, 6.45) is 4.33. The number of carbonyl (C=O) groups is 1. The lowest BCUT2D eigenvalue weighted by Gasteiger charge is -2.32. The first kappa shape index (κ1) is 22.9. The van der Waals surface area contributed by atoms with Crippen LogP contribution < -0.4 is 9.47 Å². The Kier molecular flexibility index (Phi) is 6.74. The summed E-state index contributed by atoms with van der Waals surface area (Å²) in [5.41, 5.74) is 3.91. The minimum Gasteiger partial charge on any atom is -0.493 e. The molecule has 0 fully saturated rings. The number of fused-ring (bicyclic) bond motifs is 1. The Morgan fingerprint density at radius 2 is 1.97 bits per heavy atom. The highest BCUT2D eigenvalue weighted by molar-refractivity contribution is 5.94. The van der Waals surface area contributed by atoms with Crippen LogP contribution in [0.4, 0.5) is 0 Å². The highest BCUT2D eigenvalue weighted by atomic mass is 16.5. The van der Waals surface area contributed by atoms with Gasteiger partial charge in [-0.25, -0.2) is 0 Å². The van der Waals surface area contributed by atoms with Gasteiger partial charge in [0.25, 0.3) is 5.91 Å². The fourth-order valence-corrected chi connectivity index (χ4v) is 4.60. The van der Waals surface area contributed by atoms with Gasteiger partial charge in [0.05, 0.1) is 27.0 Å². The van der Waals surface area contributed by atoms with Crippen molar-refractivity contribution in [3.63, 3.8) is 0 Å². The number of nitrogens with zero attached hydrogens (tertiary/aromatic N) is 4. The summed E-state index contributed by atoms with van der Waals surface area (Å²) < 4.78 is 18.1. The van der Waals surface area contributed by atoms with E-state index >= 15 is 0 Å². The molecule has 0 radical (unpaired) electrons. The van der Waals surface area contributed by atoms with Crippen LogP contribution in [0.15, 0.2) is 41.0 Å². The first-order valence-electron chi connectivity index (χ1n) is 11.1. The predicted octanol–water partition coefficient (Wildman–Crippen LogP) is 3.29. The van der Waals surface area contributed by atoms with Gasteiger partial charge < -0.3 is 18.8 Å². The molecule has 1 atom stereocenters. The van der Waals surface area contributed by atoms with Crippen LogP contribution in [0.1, 0.15) is 39.5 Å². The molecule has 2 heterocycles. The quantitative estimate of drug-likeness (QED) is 0.522. The van der Waals surface area contributed by atoms with E-state index in [0.717, 1.165) is 59.9 Å². The lowest BCUT2D eigenvalue weighted by molar-refractivity contribution is 0.0767. The summed E-state index contributed by atoms with van der Waals surface area (Å²) in [7, 11) is 9.14. The molecule has 0 saturated carbocycles. The van der Waals surface area contributed by atoms with Gasteiger partial charge in [0.1, 0.15) is 5.76 Å². The molecule has 0 saturated heterocycles. The highest BCUT2D eigenvalue weighted by Crippen LogP contribution is 2.30. The summed E-state index contributed by atoms with van der Waals surface area (Å²) in [5, 5.41) is 4.61. The number of methoxy groups -OCH3 is 2. The number of aryl methyl sites for hydroxylation is 1. The maximum absolute atomic E-state index is 13.2. The Bertz CT molecular complexity index is 1110. The zero-order chi connectivity index (χ0) is 23.5. The summed E-state index contributed by atoms with van der Waals surface area (Å²) in [6, 6.07) is 10.0. The monoisotopic (exact) mass is 452 g/mol. The van der Waals surface area contributed by atoms with Crippen molar-refractivity contribution < 1.29 is 18.7 Å². The van der Waals surface area contributed by atoms with Gasteiger partial charge in [-0.3, -0.25) is 14.4 Å². The van der Waals surface area contributed by atoms with Crippen LogP contribution in [-0.2, 0) is 33.0 Å². The number of hydrogen-bond donors (Lipinski definition) is 0. The third-order valence-electron chi connectivity index (χ3n) is 6.45. The second kappa shape index (κ2) is 9.70. The fourth-order valence-electron chi connectivity index (χ4n) is 4.60. The standard InChI is InChI=1S/C25H32N4O4/c1-27(15-17-8-11-22(31-4)23(13-17)32-5)18-9-10-21-20(14-18)24(26-29(21)3)25(30)28(2)16-19-7-6-12-33-19/h6-8,11-13,18H,9-10,14-16H2,1-5H3. The van der Waals surface area contributed by atoms with Crippen LogP contribution >= 0.6 is 0 Å². The number of likely N-dealkylation sites (N-methyl/N-ethyl adjacent to an activating group) is 1. The average molecular weight is 453 g/mol. The summed E-state index contributed by atoms with van der Waals surface area (Å²) in [5.74, 6) is 2.13. The number of aromatic nitrogens is 2. The topological polar surface area (TPSA) is 73.0 Å². The minimum absolute atomic E-state index is 0.0774. The molecule has 2 aromatic heterocycles. The van der Waals surface area contributed by atoms with E-state index < -0.39 is 0 Å². The number of benzene rings is 1. The number of hydrogen-bond acceptors (Lipinski definition) is 6. The summed E-state index contributed by atoms with van der Waals surface area (Å²) in [4.78, 5) is 17.2. The van der Waals surface area contributed by atoms with Crippen molar-refractivity contribution in [2.45, 2.75) is 38.4 Å². The smallest absolute Gasteiger partial charge is 0.274 e. The van der Waals surface area contributed by atoms with Crippen molar-refractivity contribution in [1.82, 2.24) is 19.6 Å². The van der Waals surface area contributed by atoms with Gasteiger partial charge in [-0.1, -0.05) is 6.07 Å². The van der Waals surface area contributed by atoms with Crippen molar-refractivity contribution in [2.75, 3.05) is 28.3 Å². The van der Waals surface area contributed by atoms with Crippen LogP contribution in [0.2, 0.25) is 0 Å². The molecule has 0 spiro atoms. The average Bonchev–Trinajstić information content (AvgIpc) is 3.45. The van der Waals surface area contributed by atoms with E-state index in [0.29, 0.717) is 18.3 Å². The molecule has 0 aliphatic heterocycles. The summed E-state index contributed by atoms with van der Waals surface area (Å²) in [6.45, 7) is 1.20. The Morgan fingerprint density at radius 3 is 2.67 bits per heavy atom. The van der Waals surface area contributed by atoms with E-state index in [1.165, 1.54) is 0 Å². The number of furan rings is 1. The zero-order valence-corrected chi connectivity index (χ0v) is 20.0. The van der Waals surface area contributed by atoms with Crippen molar-refractivity contribution in [3.8, 4) is 11.5 Å². The molecule has 8 heteroatoms. The Labute approximate surface area is 194 Å². The van der Waals surface area contributed by atoms with Crippen LogP contribution in [0.25, 0.3) is 0 Å². The third kappa shape index (κ3) is 4.75. The Morgan fingerprint density at radius 1 is 1.18 bits per heavy atom. The van der Waals surface area contributed by atoms with Crippen LogP contribution in [-0.4, -0.2) is 59.8 Å². The molecule has 0 bridgehead atoms. The van der Waals surface area contributed by atoms with Crippen LogP contribution in [0, 0.1) is 0 Å². The lowest BCUT2D eigenvalue weighted by Crippen LogP contribution is -2.37. The van der Waals surface area contributed by atoms with Crippen molar-refractivity contribution in [1.29, 1.82) is 0 Å². The number of amides is 1. The van der Waals surface area contributed by atoms with E-state index in [-0.39, 0.29) is 5.91 Å². The zero-order valence-electron chi connectivity index (χ0n) is 20.0. The number of rotatable bonds is 8. The van der Waals surface area contributed by atoms with E-state index in [1.54, 1.807) is 32.4 Å². The van der Waals surface area contributed by atoms with E-state index in [9.17, 15) is 4.79 Å². The number of carbonyl (C=O) groups excluding carboxylic acids is 1. The van der Waals surface area contributed by atoms with E-state index in [2.05, 4.69) is 23.1 Å². The van der Waals surface area contributed by atoms with Crippen LogP contribution in [0.5, 0.6) is 11.5 Å². The van der Waals surface area contributed by atoms with Gasteiger partial charge >= 0.3 is 0 Å². The largest absolute Gasteiger partial charge is 0.493 e. The molecule has 1 amide bonds. The minimum atomic E-state index is -0.0774. The summed E-state index contributed by atoms with van der Waals surface area (Å²) >= 11 is 0. The molecule has 4 rings (SSSR count). The first-order chi connectivity index (χ1) is 15.9. The third-order valence-corrected chi connectivity index (χ3v) is 6.45. The second-order valence-corrected chi connectivity index (χ2v) is 8.64. The van der Waals surface area contributed by atoms with Crippen molar-refractivity contribution in [3.05, 3.63) is 64.9 Å². The van der Waals surface area contributed by atoms with Crippen molar-refractivity contribution >= 4 is 5.91 Å². The molecular formula is C25H32N4O4. The molecular weight excluding hydrogens is 420 g/mol. The van der Waals surface area contributed by atoms with Gasteiger partial charge in [0.15, 0.2) is 17.2 Å². The van der Waals surface area contributed by atoms with Gasteiger partial charge in [-0.05, 0) is 56.1 Å². The number of ether oxygens (including phenoxy) is 2. The van der Waals surface area contributed by atoms with E-state index in [4.69, 9.17) is 13.9 Å². The molecule has 8 nitrogen and oxygen atoms in total. The lowest BCUT2D eigenvalue weighted by atomic mass is 9.90. The van der Waals surface area contributed by atoms with Crippen molar-refractivity contribution in [2.24, 2.45) is 7.05 Å².